The lowest BCUT2D eigenvalue weighted by molar-refractivity contribution is 1.39. The molecule has 0 bridgehead atoms. The van der Waals surface area contributed by atoms with Gasteiger partial charge in [0.15, 0.2) is 0 Å². The zero-order chi connectivity index (χ0) is 6.97. The van der Waals surface area contributed by atoms with E-state index in [0.29, 0.717) is 0 Å². The Hall–Kier alpha value is -0.890. The number of aryl methyl sites for hydroxylation is 1. The topological polar surface area (TPSA) is 12.9 Å². The van der Waals surface area contributed by atoms with Crippen molar-refractivity contribution in [2.45, 2.75) is 6.92 Å². The number of pyridine rings is 1. The minimum Gasteiger partial charge on any atom is -0.255 e. The molecule has 2 aromatic rings. The van der Waals surface area contributed by atoms with Crippen molar-refractivity contribution in [2.24, 2.45) is 0 Å². The van der Waals surface area contributed by atoms with E-state index < -0.39 is 0 Å². The predicted molar refractivity (Wildman–Crippen MR) is 44.4 cm³/mol. The van der Waals surface area contributed by atoms with Crippen molar-refractivity contribution in [3.05, 3.63) is 29.3 Å². The standard InChI is InChI=1S/C8H7NS/c1-6-5-10-7-3-2-4-9-8(6)7/h2-5H,1H3. The zero-order valence-corrected chi connectivity index (χ0v) is 6.48. The van der Waals surface area contributed by atoms with E-state index in [1.54, 1.807) is 11.3 Å². The molecule has 0 radical (unpaired) electrons. The maximum absolute atomic E-state index is 4.25. The van der Waals surface area contributed by atoms with E-state index >= 15 is 0 Å². The van der Waals surface area contributed by atoms with Crippen LogP contribution in [0.2, 0.25) is 0 Å². The third kappa shape index (κ3) is 0.727. The van der Waals surface area contributed by atoms with Crippen molar-refractivity contribution < 1.29 is 0 Å². The molecular weight excluding hydrogens is 142 g/mol. The maximum atomic E-state index is 4.25. The van der Waals surface area contributed by atoms with Gasteiger partial charge in [-0.1, -0.05) is 0 Å². The van der Waals surface area contributed by atoms with Crippen molar-refractivity contribution in [1.82, 2.24) is 4.98 Å². The van der Waals surface area contributed by atoms with Gasteiger partial charge >= 0.3 is 0 Å². The van der Waals surface area contributed by atoms with Crippen LogP contribution in [0.25, 0.3) is 10.2 Å². The van der Waals surface area contributed by atoms with Crippen LogP contribution in [0.15, 0.2) is 23.7 Å². The fraction of sp³-hybridized carbons (Fsp3) is 0.125. The van der Waals surface area contributed by atoms with Gasteiger partial charge in [0.05, 0.1) is 10.2 Å². The van der Waals surface area contributed by atoms with Gasteiger partial charge in [-0.25, -0.2) is 0 Å². The summed E-state index contributed by atoms with van der Waals surface area (Å²) in [6, 6.07) is 4.07. The van der Waals surface area contributed by atoms with Crippen LogP contribution in [-0.4, -0.2) is 4.98 Å². The summed E-state index contributed by atoms with van der Waals surface area (Å²) >= 11 is 1.75. The molecule has 2 heterocycles. The largest absolute Gasteiger partial charge is 0.255 e. The Morgan fingerprint density at radius 2 is 2.40 bits per heavy atom. The van der Waals surface area contributed by atoms with Crippen LogP contribution in [0.5, 0.6) is 0 Å². The first-order valence-corrected chi connectivity index (χ1v) is 4.05. The molecule has 0 fully saturated rings. The first-order valence-electron chi connectivity index (χ1n) is 3.17. The molecule has 0 N–H and O–H groups in total. The van der Waals surface area contributed by atoms with Crippen molar-refractivity contribution in [1.29, 1.82) is 0 Å². The number of hydrogen-bond acceptors (Lipinski definition) is 2. The van der Waals surface area contributed by atoms with Crippen LogP contribution >= 0.6 is 11.3 Å². The van der Waals surface area contributed by atoms with Crippen LogP contribution < -0.4 is 0 Å². The van der Waals surface area contributed by atoms with Gasteiger partial charge in [-0.15, -0.1) is 11.3 Å². The first-order chi connectivity index (χ1) is 4.88. The number of fused-ring (bicyclic) bond motifs is 1. The van der Waals surface area contributed by atoms with Gasteiger partial charge in [-0.3, -0.25) is 4.98 Å². The first kappa shape index (κ1) is 5.86. The summed E-state index contributed by atoms with van der Waals surface area (Å²) in [6.07, 6.45) is 1.84. The Morgan fingerprint density at radius 3 is 3.20 bits per heavy atom. The lowest BCUT2D eigenvalue weighted by atomic mass is 10.3. The summed E-state index contributed by atoms with van der Waals surface area (Å²) < 4.78 is 1.28. The third-order valence-electron chi connectivity index (χ3n) is 1.51. The Morgan fingerprint density at radius 1 is 1.50 bits per heavy atom. The van der Waals surface area contributed by atoms with Crippen molar-refractivity contribution in [3.8, 4) is 0 Å². The van der Waals surface area contributed by atoms with Gasteiger partial charge in [-0.05, 0) is 30.0 Å². The summed E-state index contributed by atoms with van der Waals surface area (Å²) in [4.78, 5) is 4.25. The van der Waals surface area contributed by atoms with Gasteiger partial charge in [0, 0.05) is 6.20 Å². The molecule has 1 nitrogen and oxygen atoms in total. The minimum absolute atomic E-state index is 1.15. The Kier molecular flexibility index (Phi) is 1.21. The average molecular weight is 149 g/mol. The summed E-state index contributed by atoms with van der Waals surface area (Å²) in [5, 5.41) is 2.14. The minimum atomic E-state index is 1.15. The normalized spacial score (nSPS) is 10.5. The molecular formula is C8H7NS. The molecule has 2 rings (SSSR count). The fourth-order valence-corrected chi connectivity index (χ4v) is 1.89. The summed E-state index contributed by atoms with van der Waals surface area (Å²) in [5.41, 5.74) is 2.42. The number of aromatic nitrogens is 1. The fourth-order valence-electron chi connectivity index (χ4n) is 0.989. The second-order valence-corrected chi connectivity index (χ2v) is 3.18. The van der Waals surface area contributed by atoms with Crippen molar-refractivity contribution in [3.63, 3.8) is 0 Å². The number of thiophene rings is 1. The highest BCUT2D eigenvalue weighted by molar-refractivity contribution is 7.17. The highest BCUT2D eigenvalue weighted by Gasteiger charge is 1.97. The van der Waals surface area contributed by atoms with E-state index in [0.717, 1.165) is 5.52 Å². The van der Waals surface area contributed by atoms with Crippen LogP contribution in [-0.2, 0) is 0 Å². The molecule has 0 saturated carbocycles. The van der Waals surface area contributed by atoms with Crippen molar-refractivity contribution >= 4 is 21.6 Å². The molecule has 2 heteroatoms. The highest BCUT2D eigenvalue weighted by Crippen LogP contribution is 2.21. The molecule has 0 aliphatic carbocycles. The average Bonchev–Trinajstić information content (AvgIpc) is 2.34. The quantitative estimate of drug-likeness (QED) is 0.561. The van der Waals surface area contributed by atoms with Gasteiger partial charge < -0.3 is 0 Å². The second kappa shape index (κ2) is 2.06. The summed E-state index contributed by atoms with van der Waals surface area (Å²) in [6.45, 7) is 2.09. The molecule has 0 atom stereocenters. The zero-order valence-electron chi connectivity index (χ0n) is 5.66. The van der Waals surface area contributed by atoms with Crippen molar-refractivity contribution in [2.75, 3.05) is 0 Å². The van der Waals surface area contributed by atoms with E-state index in [4.69, 9.17) is 0 Å². The molecule has 0 amide bonds. The van der Waals surface area contributed by atoms with Gasteiger partial charge in [0.25, 0.3) is 0 Å². The Labute approximate surface area is 63.3 Å². The summed E-state index contributed by atoms with van der Waals surface area (Å²) in [5.74, 6) is 0. The van der Waals surface area contributed by atoms with Crippen LogP contribution in [0.1, 0.15) is 5.56 Å². The molecule has 0 spiro atoms. The Balaban J connectivity index is 2.93. The molecule has 2 aromatic heterocycles. The van der Waals surface area contributed by atoms with E-state index in [1.807, 2.05) is 12.3 Å². The molecule has 0 aliphatic heterocycles. The third-order valence-corrected chi connectivity index (χ3v) is 2.56. The predicted octanol–water partition coefficient (Wildman–Crippen LogP) is 2.60. The van der Waals surface area contributed by atoms with Gasteiger partial charge in [0.2, 0.25) is 0 Å². The van der Waals surface area contributed by atoms with Crippen LogP contribution in [0, 0.1) is 6.92 Å². The van der Waals surface area contributed by atoms with Crippen LogP contribution in [0.4, 0.5) is 0 Å². The molecule has 0 aromatic carbocycles. The monoisotopic (exact) mass is 149 g/mol. The lowest BCUT2D eigenvalue weighted by Gasteiger charge is -1.86. The van der Waals surface area contributed by atoms with E-state index in [9.17, 15) is 0 Å². The molecule has 50 valence electrons. The Bertz CT molecular complexity index is 351. The van der Waals surface area contributed by atoms with Gasteiger partial charge in [-0.2, -0.15) is 0 Å². The molecule has 10 heavy (non-hydrogen) atoms. The van der Waals surface area contributed by atoms with Crippen LogP contribution in [0.3, 0.4) is 0 Å². The SMILES string of the molecule is Cc1csc2cccnc12. The number of rotatable bonds is 0. The van der Waals surface area contributed by atoms with E-state index in [-0.39, 0.29) is 0 Å². The van der Waals surface area contributed by atoms with Gasteiger partial charge in [0.1, 0.15) is 0 Å². The number of hydrogen-bond donors (Lipinski definition) is 0. The van der Waals surface area contributed by atoms with E-state index in [1.165, 1.54) is 10.3 Å². The molecule has 0 unspecified atom stereocenters. The number of nitrogens with zero attached hydrogens (tertiary/aromatic N) is 1. The lowest BCUT2D eigenvalue weighted by Crippen LogP contribution is -1.71. The molecule has 0 saturated heterocycles. The smallest absolute Gasteiger partial charge is 0.0838 e. The van der Waals surface area contributed by atoms with E-state index in [2.05, 4.69) is 23.4 Å². The summed E-state index contributed by atoms with van der Waals surface area (Å²) in [7, 11) is 0. The molecule has 0 aliphatic rings. The highest BCUT2D eigenvalue weighted by atomic mass is 32.1. The maximum Gasteiger partial charge on any atom is 0.0838 e. The second-order valence-electron chi connectivity index (χ2n) is 2.27.